The highest BCUT2D eigenvalue weighted by Crippen LogP contribution is 2.25. The van der Waals surface area contributed by atoms with Crippen LogP contribution in [0.1, 0.15) is 37.6 Å². The van der Waals surface area contributed by atoms with Crippen molar-refractivity contribution in [2.75, 3.05) is 13.2 Å². The fraction of sp³-hybridized carbons (Fsp3) is 0.286. The summed E-state index contributed by atoms with van der Waals surface area (Å²) in [4.78, 5) is 56.4. The molecule has 0 aliphatic carbocycles. The quantitative estimate of drug-likeness (QED) is 0.444. The van der Waals surface area contributed by atoms with Crippen molar-refractivity contribution in [1.82, 2.24) is 14.5 Å². The number of carbonyl (C=O) groups is 3. The van der Waals surface area contributed by atoms with Gasteiger partial charge in [-0.05, 0) is 31.5 Å². The lowest BCUT2D eigenvalue weighted by atomic mass is 10.1. The monoisotopic (exact) mass is 425 g/mol. The number of nitrogens with zero attached hydrogens (tertiary/aromatic N) is 3. The van der Waals surface area contributed by atoms with E-state index in [2.05, 4.69) is 4.98 Å². The molecule has 1 aliphatic rings. The second-order valence-corrected chi connectivity index (χ2v) is 8.19. The van der Waals surface area contributed by atoms with Crippen LogP contribution in [0.3, 0.4) is 0 Å². The Bertz CT molecular complexity index is 1210. The molecule has 0 atom stereocenters. The molecular formula is C21H19N3O5S. The number of aryl methyl sites for hydroxylation is 3. The van der Waals surface area contributed by atoms with E-state index in [1.165, 1.54) is 22.2 Å². The van der Waals surface area contributed by atoms with Gasteiger partial charge in [0.2, 0.25) is 0 Å². The molecule has 1 aliphatic heterocycles. The SMILES string of the molecule is Cc1sc2ncn(CCC(=O)OCCN3C(=O)c4ccccc4C3=O)c(=O)c2c1C. The van der Waals surface area contributed by atoms with Gasteiger partial charge in [-0.15, -0.1) is 11.3 Å². The summed E-state index contributed by atoms with van der Waals surface area (Å²) in [6.07, 6.45) is 1.42. The summed E-state index contributed by atoms with van der Waals surface area (Å²) in [5, 5.41) is 0.582. The summed E-state index contributed by atoms with van der Waals surface area (Å²) >= 11 is 1.47. The van der Waals surface area contributed by atoms with Gasteiger partial charge in [-0.2, -0.15) is 0 Å². The van der Waals surface area contributed by atoms with Crippen LogP contribution in [0.5, 0.6) is 0 Å². The van der Waals surface area contributed by atoms with Crippen LogP contribution in [0.15, 0.2) is 35.4 Å². The number of thiophene rings is 1. The number of imide groups is 1. The van der Waals surface area contributed by atoms with Gasteiger partial charge in [0.05, 0.1) is 35.8 Å². The van der Waals surface area contributed by atoms with Gasteiger partial charge >= 0.3 is 5.97 Å². The van der Waals surface area contributed by atoms with Gasteiger partial charge in [-0.3, -0.25) is 28.6 Å². The topological polar surface area (TPSA) is 98.6 Å². The number of benzene rings is 1. The zero-order valence-electron chi connectivity index (χ0n) is 16.5. The third-order valence-electron chi connectivity index (χ3n) is 5.17. The first-order valence-electron chi connectivity index (χ1n) is 9.44. The van der Waals surface area contributed by atoms with Crippen LogP contribution in [-0.2, 0) is 16.1 Å². The van der Waals surface area contributed by atoms with Crippen LogP contribution in [-0.4, -0.2) is 45.4 Å². The molecule has 154 valence electrons. The number of fused-ring (bicyclic) bond motifs is 2. The minimum absolute atomic E-state index is 0.0150. The van der Waals surface area contributed by atoms with Gasteiger partial charge in [0.1, 0.15) is 11.4 Å². The lowest BCUT2D eigenvalue weighted by Gasteiger charge is -2.14. The Hall–Kier alpha value is -3.33. The Labute approximate surface area is 175 Å². The molecule has 0 radical (unpaired) electrons. The Balaban J connectivity index is 1.32. The van der Waals surface area contributed by atoms with E-state index in [0.29, 0.717) is 21.3 Å². The van der Waals surface area contributed by atoms with Crippen molar-refractivity contribution in [3.05, 3.63) is 62.5 Å². The standard InChI is InChI=1S/C21H19N3O5S/c1-12-13(2)30-18-17(12)21(28)23(11-22-18)8-7-16(25)29-10-9-24-19(26)14-5-3-4-6-15(14)20(24)27/h3-6,11H,7-10H2,1-2H3. The van der Waals surface area contributed by atoms with E-state index in [-0.39, 0.29) is 43.5 Å². The summed E-state index contributed by atoms with van der Waals surface area (Å²) in [5.41, 5.74) is 1.44. The summed E-state index contributed by atoms with van der Waals surface area (Å²) in [5.74, 6) is -1.30. The molecule has 2 aromatic heterocycles. The summed E-state index contributed by atoms with van der Waals surface area (Å²) in [6.45, 7) is 3.85. The smallest absolute Gasteiger partial charge is 0.307 e. The average Bonchev–Trinajstić information content (AvgIpc) is 3.16. The molecule has 8 nitrogen and oxygen atoms in total. The number of ether oxygens (including phenoxy) is 1. The Kier molecular flexibility index (Phi) is 5.21. The van der Waals surface area contributed by atoms with Gasteiger partial charge in [-0.1, -0.05) is 12.1 Å². The second kappa shape index (κ2) is 7.83. The van der Waals surface area contributed by atoms with E-state index < -0.39 is 5.97 Å². The molecule has 0 saturated heterocycles. The highest BCUT2D eigenvalue weighted by atomic mass is 32.1. The van der Waals surface area contributed by atoms with Crippen molar-refractivity contribution in [2.45, 2.75) is 26.8 Å². The van der Waals surface area contributed by atoms with Crippen LogP contribution in [0.4, 0.5) is 0 Å². The molecule has 0 fully saturated rings. The van der Waals surface area contributed by atoms with Gasteiger partial charge in [-0.25, -0.2) is 4.98 Å². The molecule has 1 aromatic carbocycles. The van der Waals surface area contributed by atoms with Gasteiger partial charge < -0.3 is 4.74 Å². The first-order valence-corrected chi connectivity index (χ1v) is 10.3. The molecule has 9 heteroatoms. The predicted molar refractivity (Wildman–Crippen MR) is 111 cm³/mol. The van der Waals surface area contributed by atoms with E-state index in [1.807, 2.05) is 13.8 Å². The Morgan fingerprint density at radius 3 is 2.40 bits per heavy atom. The van der Waals surface area contributed by atoms with E-state index in [1.54, 1.807) is 24.3 Å². The third kappa shape index (κ3) is 3.41. The first-order chi connectivity index (χ1) is 14.4. The minimum Gasteiger partial charge on any atom is -0.464 e. The molecule has 0 spiro atoms. The van der Waals surface area contributed by atoms with E-state index in [0.717, 1.165) is 15.3 Å². The van der Waals surface area contributed by atoms with Crippen LogP contribution in [0.2, 0.25) is 0 Å². The van der Waals surface area contributed by atoms with Gasteiger partial charge in [0, 0.05) is 11.4 Å². The predicted octanol–water partition coefficient (Wildman–Crippen LogP) is 2.30. The number of hydrogen-bond donors (Lipinski definition) is 0. The number of aromatic nitrogens is 2. The number of rotatable bonds is 6. The Morgan fingerprint density at radius 1 is 1.07 bits per heavy atom. The van der Waals surface area contributed by atoms with Crippen molar-refractivity contribution in [2.24, 2.45) is 0 Å². The molecule has 0 saturated carbocycles. The molecule has 0 N–H and O–H groups in total. The first kappa shape index (κ1) is 20.0. The average molecular weight is 425 g/mol. The van der Waals surface area contributed by atoms with E-state index in [4.69, 9.17) is 4.74 Å². The maximum Gasteiger partial charge on any atom is 0.307 e. The molecule has 4 rings (SSSR count). The highest BCUT2D eigenvalue weighted by Gasteiger charge is 2.34. The van der Waals surface area contributed by atoms with Crippen molar-refractivity contribution in [3.8, 4) is 0 Å². The zero-order chi connectivity index (χ0) is 21.4. The molecule has 3 aromatic rings. The van der Waals surface area contributed by atoms with Crippen molar-refractivity contribution >= 4 is 39.3 Å². The number of amides is 2. The van der Waals surface area contributed by atoms with Crippen LogP contribution < -0.4 is 5.56 Å². The maximum atomic E-state index is 12.6. The van der Waals surface area contributed by atoms with Gasteiger partial charge in [0.25, 0.3) is 17.4 Å². The molecule has 2 amide bonds. The van der Waals surface area contributed by atoms with Crippen molar-refractivity contribution < 1.29 is 19.1 Å². The van der Waals surface area contributed by atoms with Gasteiger partial charge in [0.15, 0.2) is 0 Å². The van der Waals surface area contributed by atoms with Crippen LogP contribution in [0.25, 0.3) is 10.2 Å². The fourth-order valence-corrected chi connectivity index (χ4v) is 4.39. The summed E-state index contributed by atoms with van der Waals surface area (Å²) < 4.78 is 6.55. The third-order valence-corrected chi connectivity index (χ3v) is 6.28. The molecule has 0 unspecified atom stereocenters. The lowest BCUT2D eigenvalue weighted by molar-refractivity contribution is -0.144. The highest BCUT2D eigenvalue weighted by molar-refractivity contribution is 7.18. The lowest BCUT2D eigenvalue weighted by Crippen LogP contribution is -2.33. The second-order valence-electron chi connectivity index (χ2n) is 6.98. The van der Waals surface area contributed by atoms with Crippen LogP contribution >= 0.6 is 11.3 Å². The molecule has 30 heavy (non-hydrogen) atoms. The maximum absolute atomic E-state index is 12.6. The summed E-state index contributed by atoms with van der Waals surface area (Å²) in [7, 11) is 0. The van der Waals surface area contributed by atoms with Crippen LogP contribution in [0, 0.1) is 13.8 Å². The van der Waals surface area contributed by atoms with Crippen molar-refractivity contribution in [3.63, 3.8) is 0 Å². The minimum atomic E-state index is -0.517. The largest absolute Gasteiger partial charge is 0.464 e. The van der Waals surface area contributed by atoms with E-state index >= 15 is 0 Å². The zero-order valence-corrected chi connectivity index (χ0v) is 17.3. The fourth-order valence-electron chi connectivity index (χ4n) is 3.41. The van der Waals surface area contributed by atoms with E-state index in [9.17, 15) is 19.2 Å². The molecule has 3 heterocycles. The number of hydrogen-bond acceptors (Lipinski definition) is 7. The Morgan fingerprint density at radius 2 is 1.73 bits per heavy atom. The van der Waals surface area contributed by atoms with Crippen molar-refractivity contribution in [1.29, 1.82) is 0 Å². The summed E-state index contributed by atoms with van der Waals surface area (Å²) in [6, 6.07) is 6.59. The molecular weight excluding hydrogens is 406 g/mol. The molecule has 0 bridgehead atoms. The number of carbonyl (C=O) groups excluding carboxylic acids is 3. The normalized spacial score (nSPS) is 13.2. The number of esters is 1.